The van der Waals surface area contributed by atoms with Crippen LogP contribution in [0.15, 0.2) is 18.2 Å². The summed E-state index contributed by atoms with van der Waals surface area (Å²) in [4.78, 5) is 11.6. The Bertz CT molecular complexity index is 534. The van der Waals surface area contributed by atoms with Crippen LogP contribution >= 0.6 is 0 Å². The number of benzene rings is 1. The van der Waals surface area contributed by atoms with Crippen LogP contribution in [0.3, 0.4) is 0 Å². The second-order valence-electron chi connectivity index (χ2n) is 6.99. The molecule has 5 heteroatoms. The van der Waals surface area contributed by atoms with E-state index >= 15 is 0 Å². The normalized spacial score (nSPS) is 21.1. The monoisotopic (exact) mass is 308 g/mol. The number of rotatable bonds is 4. The summed E-state index contributed by atoms with van der Waals surface area (Å²) in [6.07, 6.45) is 1.31. The predicted octanol–water partition coefficient (Wildman–Crippen LogP) is 3.28. The van der Waals surface area contributed by atoms with E-state index in [1.807, 2.05) is 33.8 Å². The maximum Gasteiger partial charge on any atom is 0.407 e. The molecule has 0 radical (unpaired) electrons. The molecule has 1 aromatic carbocycles. The highest BCUT2D eigenvalue weighted by molar-refractivity contribution is 5.68. The van der Waals surface area contributed by atoms with E-state index in [1.54, 1.807) is 6.07 Å². The van der Waals surface area contributed by atoms with E-state index in [0.717, 1.165) is 18.4 Å². The molecule has 0 saturated heterocycles. The van der Waals surface area contributed by atoms with Crippen molar-refractivity contribution in [1.29, 1.82) is 0 Å². The summed E-state index contributed by atoms with van der Waals surface area (Å²) >= 11 is 0. The third kappa shape index (κ3) is 4.98. The van der Waals surface area contributed by atoms with Crippen LogP contribution in [0.1, 0.15) is 44.7 Å². The molecule has 1 saturated carbocycles. The topological polar surface area (TPSA) is 50.4 Å². The van der Waals surface area contributed by atoms with Crippen molar-refractivity contribution in [2.75, 3.05) is 0 Å². The number of aryl methyl sites for hydroxylation is 1. The molecule has 2 N–H and O–H groups in total. The summed E-state index contributed by atoms with van der Waals surface area (Å²) in [5, 5.41) is 6.17. The van der Waals surface area contributed by atoms with Gasteiger partial charge < -0.3 is 15.4 Å². The van der Waals surface area contributed by atoms with Crippen LogP contribution in [0.2, 0.25) is 0 Å². The Kier molecular flexibility index (Phi) is 5.06. The Morgan fingerprint density at radius 1 is 1.32 bits per heavy atom. The summed E-state index contributed by atoms with van der Waals surface area (Å²) in [6.45, 7) is 7.99. The molecule has 0 heterocycles. The van der Waals surface area contributed by atoms with Crippen LogP contribution in [0, 0.1) is 12.7 Å². The van der Waals surface area contributed by atoms with Gasteiger partial charge in [-0.1, -0.05) is 17.7 Å². The Balaban J connectivity index is 1.69. The van der Waals surface area contributed by atoms with Gasteiger partial charge in [-0.25, -0.2) is 9.18 Å². The molecule has 0 atom stereocenters. The van der Waals surface area contributed by atoms with Gasteiger partial charge in [0.1, 0.15) is 11.4 Å². The van der Waals surface area contributed by atoms with Crippen LogP contribution in [0.5, 0.6) is 0 Å². The maximum absolute atomic E-state index is 13.6. The summed E-state index contributed by atoms with van der Waals surface area (Å²) < 4.78 is 18.9. The number of amides is 1. The molecule has 2 rings (SSSR count). The van der Waals surface area contributed by atoms with E-state index in [9.17, 15) is 9.18 Å². The van der Waals surface area contributed by atoms with Crippen molar-refractivity contribution in [3.05, 3.63) is 35.1 Å². The summed E-state index contributed by atoms with van der Waals surface area (Å²) in [5.41, 5.74) is 1.26. The third-order valence-corrected chi connectivity index (χ3v) is 3.64. The Morgan fingerprint density at radius 2 is 2.00 bits per heavy atom. The Morgan fingerprint density at radius 3 is 2.64 bits per heavy atom. The lowest BCUT2D eigenvalue weighted by molar-refractivity contribution is 0.0465. The van der Waals surface area contributed by atoms with Crippen LogP contribution in [0.25, 0.3) is 0 Å². The number of ether oxygens (including phenoxy) is 1. The first-order valence-corrected chi connectivity index (χ1v) is 7.71. The van der Waals surface area contributed by atoms with Crippen LogP contribution in [-0.4, -0.2) is 23.8 Å². The highest BCUT2D eigenvalue weighted by Gasteiger charge is 2.31. The van der Waals surface area contributed by atoms with Crippen LogP contribution in [0.4, 0.5) is 9.18 Å². The first kappa shape index (κ1) is 16.7. The number of hydrogen-bond donors (Lipinski definition) is 2. The van der Waals surface area contributed by atoms with E-state index in [-0.39, 0.29) is 18.0 Å². The van der Waals surface area contributed by atoms with Crippen molar-refractivity contribution in [3.8, 4) is 0 Å². The molecule has 122 valence electrons. The van der Waals surface area contributed by atoms with Gasteiger partial charge in [-0.2, -0.15) is 0 Å². The number of carbonyl (C=O) groups is 1. The summed E-state index contributed by atoms with van der Waals surface area (Å²) in [5.74, 6) is -0.180. The van der Waals surface area contributed by atoms with Gasteiger partial charge >= 0.3 is 6.09 Å². The maximum atomic E-state index is 13.6. The molecule has 0 aromatic heterocycles. The van der Waals surface area contributed by atoms with E-state index in [1.165, 1.54) is 6.07 Å². The summed E-state index contributed by atoms with van der Waals surface area (Å²) in [7, 11) is 0. The smallest absolute Gasteiger partial charge is 0.407 e. The number of halogens is 1. The Labute approximate surface area is 131 Å². The van der Waals surface area contributed by atoms with Crippen LogP contribution < -0.4 is 10.6 Å². The average molecular weight is 308 g/mol. The number of alkyl carbamates (subject to hydrolysis) is 1. The van der Waals surface area contributed by atoms with Crippen molar-refractivity contribution in [2.45, 2.75) is 64.8 Å². The van der Waals surface area contributed by atoms with Gasteiger partial charge in [0.05, 0.1) is 0 Å². The van der Waals surface area contributed by atoms with Gasteiger partial charge in [-0.05, 0) is 46.6 Å². The highest BCUT2D eigenvalue weighted by Crippen LogP contribution is 2.21. The van der Waals surface area contributed by atoms with E-state index in [2.05, 4.69) is 10.6 Å². The van der Waals surface area contributed by atoms with Gasteiger partial charge in [0.15, 0.2) is 0 Å². The molecule has 0 aliphatic heterocycles. The van der Waals surface area contributed by atoms with Crippen LogP contribution in [-0.2, 0) is 11.3 Å². The lowest BCUT2D eigenvalue weighted by atomic mass is 9.86. The molecule has 0 unspecified atom stereocenters. The second-order valence-corrected chi connectivity index (χ2v) is 6.99. The molecule has 22 heavy (non-hydrogen) atoms. The predicted molar refractivity (Wildman–Crippen MR) is 84.2 cm³/mol. The first-order chi connectivity index (χ1) is 10.2. The molecule has 0 bridgehead atoms. The number of nitrogens with one attached hydrogen (secondary N) is 2. The van der Waals surface area contributed by atoms with Gasteiger partial charge in [-0.15, -0.1) is 0 Å². The fourth-order valence-electron chi connectivity index (χ4n) is 2.47. The molecule has 1 aliphatic rings. The second kappa shape index (κ2) is 6.65. The zero-order valence-electron chi connectivity index (χ0n) is 13.7. The largest absolute Gasteiger partial charge is 0.444 e. The lowest BCUT2D eigenvalue weighted by Gasteiger charge is -2.36. The number of hydrogen-bond acceptors (Lipinski definition) is 3. The minimum Gasteiger partial charge on any atom is -0.444 e. The molecule has 1 fully saturated rings. The van der Waals surface area contributed by atoms with Crippen molar-refractivity contribution in [2.24, 2.45) is 0 Å². The zero-order valence-corrected chi connectivity index (χ0v) is 13.7. The fourth-order valence-corrected chi connectivity index (χ4v) is 2.47. The van der Waals surface area contributed by atoms with E-state index in [4.69, 9.17) is 4.74 Å². The van der Waals surface area contributed by atoms with Gasteiger partial charge in [0.25, 0.3) is 0 Å². The van der Waals surface area contributed by atoms with E-state index < -0.39 is 5.60 Å². The average Bonchev–Trinajstić information content (AvgIpc) is 2.33. The Hall–Kier alpha value is -1.62. The third-order valence-electron chi connectivity index (χ3n) is 3.64. The van der Waals surface area contributed by atoms with E-state index in [0.29, 0.717) is 18.2 Å². The SMILES string of the molecule is Cc1ccc(F)c(CNC2CC(NC(=O)OC(C)(C)C)C2)c1. The molecule has 1 amide bonds. The summed E-state index contributed by atoms with van der Waals surface area (Å²) in [6, 6.07) is 5.56. The fraction of sp³-hybridized carbons (Fsp3) is 0.588. The van der Waals surface area contributed by atoms with Gasteiger partial charge in [0, 0.05) is 24.2 Å². The van der Waals surface area contributed by atoms with Crippen molar-refractivity contribution < 1.29 is 13.9 Å². The quantitative estimate of drug-likeness (QED) is 0.897. The van der Waals surface area contributed by atoms with Crippen molar-refractivity contribution in [1.82, 2.24) is 10.6 Å². The minimum atomic E-state index is -0.478. The lowest BCUT2D eigenvalue weighted by Crippen LogP contribution is -2.53. The van der Waals surface area contributed by atoms with Gasteiger partial charge in [-0.3, -0.25) is 0 Å². The standard InChI is InChI=1S/C17H25FN2O2/c1-11-5-6-15(18)12(7-11)10-19-13-8-14(9-13)20-16(21)22-17(2,3)4/h5-7,13-14,19H,8-10H2,1-4H3,(H,20,21). The molecule has 1 aromatic rings. The van der Waals surface area contributed by atoms with Crippen molar-refractivity contribution in [3.63, 3.8) is 0 Å². The minimum absolute atomic E-state index is 0.134. The molecule has 1 aliphatic carbocycles. The molecular weight excluding hydrogens is 283 g/mol. The molecule has 4 nitrogen and oxygen atoms in total. The number of carbonyl (C=O) groups excluding carboxylic acids is 1. The zero-order chi connectivity index (χ0) is 16.3. The molecular formula is C17H25FN2O2. The van der Waals surface area contributed by atoms with Crippen molar-refractivity contribution >= 4 is 6.09 Å². The highest BCUT2D eigenvalue weighted by atomic mass is 19.1. The van der Waals surface area contributed by atoms with Gasteiger partial charge in [0.2, 0.25) is 0 Å². The molecule has 0 spiro atoms. The first-order valence-electron chi connectivity index (χ1n) is 7.71.